The largest absolute Gasteiger partial charge is 0.329 e. The van der Waals surface area contributed by atoms with Crippen molar-refractivity contribution in [3.8, 4) is 0 Å². The van der Waals surface area contributed by atoms with Crippen molar-refractivity contribution in [3.05, 3.63) is 57.4 Å². The van der Waals surface area contributed by atoms with Crippen LogP contribution in [0.1, 0.15) is 50.9 Å². The number of imidazole rings is 1. The van der Waals surface area contributed by atoms with Gasteiger partial charge in [-0.25, -0.2) is 13.4 Å². The lowest BCUT2D eigenvalue weighted by atomic mass is 9.95. The molecule has 8 heteroatoms. The molecule has 0 saturated carbocycles. The van der Waals surface area contributed by atoms with E-state index in [9.17, 15) is 13.2 Å². The fraction of sp³-hybridized carbons (Fsp3) is 0.364. The minimum atomic E-state index is -3.94. The molecule has 1 amide bonds. The van der Waals surface area contributed by atoms with Gasteiger partial charge in [-0.05, 0) is 94.5 Å². The Morgan fingerprint density at radius 1 is 0.967 bits per heavy atom. The summed E-state index contributed by atoms with van der Waals surface area (Å²) in [6.07, 6.45) is 0. The molecular weight excluding hydrogens is 400 g/mol. The molecule has 7 nitrogen and oxygen atoms in total. The van der Waals surface area contributed by atoms with Crippen LogP contribution in [0.5, 0.6) is 0 Å². The van der Waals surface area contributed by atoms with Crippen molar-refractivity contribution in [2.45, 2.75) is 59.9 Å². The summed E-state index contributed by atoms with van der Waals surface area (Å²) in [5, 5.41) is 0. The SMILES string of the molecule is CCn1c(C)nc2cc(C(=O)NNS(=O)(=O)c3c(C)c(C)c(C)c(C)c3C)ccc21. The van der Waals surface area contributed by atoms with Crippen LogP contribution >= 0.6 is 0 Å². The number of amides is 1. The molecule has 30 heavy (non-hydrogen) atoms. The van der Waals surface area contributed by atoms with E-state index in [1.54, 1.807) is 26.0 Å². The third-order valence-electron chi connectivity index (χ3n) is 6.02. The van der Waals surface area contributed by atoms with Gasteiger partial charge in [0.15, 0.2) is 0 Å². The highest BCUT2D eigenvalue weighted by Crippen LogP contribution is 2.29. The minimum Gasteiger partial charge on any atom is -0.329 e. The Labute approximate surface area is 177 Å². The summed E-state index contributed by atoms with van der Waals surface area (Å²) in [4.78, 5) is 19.5. The zero-order valence-corrected chi connectivity index (χ0v) is 19.3. The molecule has 0 atom stereocenters. The second-order valence-corrected chi connectivity index (χ2v) is 9.24. The van der Waals surface area contributed by atoms with Crippen molar-refractivity contribution in [2.75, 3.05) is 0 Å². The van der Waals surface area contributed by atoms with Crippen LogP contribution in [0, 0.1) is 41.5 Å². The van der Waals surface area contributed by atoms with Gasteiger partial charge < -0.3 is 4.57 Å². The number of aromatic nitrogens is 2. The Balaban J connectivity index is 1.88. The number of rotatable bonds is 5. The van der Waals surface area contributed by atoms with Crippen molar-refractivity contribution in [2.24, 2.45) is 0 Å². The van der Waals surface area contributed by atoms with E-state index < -0.39 is 15.9 Å². The Hall–Kier alpha value is -2.71. The summed E-state index contributed by atoms with van der Waals surface area (Å²) < 4.78 is 28.0. The molecule has 160 valence electrons. The predicted molar refractivity (Wildman–Crippen MR) is 118 cm³/mol. The molecule has 0 unspecified atom stereocenters. The Morgan fingerprint density at radius 3 is 2.10 bits per heavy atom. The van der Waals surface area contributed by atoms with Crippen molar-refractivity contribution in [1.29, 1.82) is 0 Å². The van der Waals surface area contributed by atoms with E-state index in [0.29, 0.717) is 22.2 Å². The maximum atomic E-state index is 13.0. The molecule has 2 aromatic carbocycles. The van der Waals surface area contributed by atoms with Crippen LogP contribution in [0.2, 0.25) is 0 Å². The molecule has 0 bridgehead atoms. The first-order valence-electron chi connectivity index (χ1n) is 9.85. The van der Waals surface area contributed by atoms with Gasteiger partial charge in [-0.2, -0.15) is 0 Å². The van der Waals surface area contributed by atoms with Crippen LogP contribution < -0.4 is 10.3 Å². The van der Waals surface area contributed by atoms with Crippen LogP contribution in [-0.2, 0) is 16.6 Å². The summed E-state index contributed by atoms with van der Waals surface area (Å²) >= 11 is 0. The van der Waals surface area contributed by atoms with Crippen LogP contribution in [0.25, 0.3) is 11.0 Å². The van der Waals surface area contributed by atoms with E-state index in [-0.39, 0.29) is 4.90 Å². The molecular formula is C22H28N4O3S. The zero-order chi connectivity index (χ0) is 22.4. The van der Waals surface area contributed by atoms with Gasteiger partial charge in [0.2, 0.25) is 0 Å². The molecule has 3 rings (SSSR count). The van der Waals surface area contributed by atoms with Gasteiger partial charge in [0, 0.05) is 12.1 Å². The molecule has 1 aromatic heterocycles. The number of hydrogen-bond acceptors (Lipinski definition) is 4. The first-order chi connectivity index (χ1) is 14.0. The fourth-order valence-electron chi connectivity index (χ4n) is 3.90. The number of carbonyl (C=O) groups excluding carboxylic acids is 1. The van der Waals surface area contributed by atoms with Gasteiger partial charge in [0.05, 0.1) is 15.9 Å². The molecule has 0 aliphatic heterocycles. The lowest BCUT2D eigenvalue weighted by Crippen LogP contribution is -2.42. The lowest BCUT2D eigenvalue weighted by molar-refractivity contribution is 0.0945. The molecule has 0 aliphatic carbocycles. The van der Waals surface area contributed by atoms with Gasteiger partial charge in [-0.1, -0.05) is 0 Å². The Kier molecular flexibility index (Phi) is 5.75. The number of benzene rings is 2. The van der Waals surface area contributed by atoms with Crippen LogP contribution in [0.15, 0.2) is 23.1 Å². The van der Waals surface area contributed by atoms with Gasteiger partial charge in [-0.3, -0.25) is 10.2 Å². The van der Waals surface area contributed by atoms with E-state index in [4.69, 9.17) is 0 Å². The molecule has 0 aliphatic rings. The molecule has 1 heterocycles. The lowest BCUT2D eigenvalue weighted by Gasteiger charge is -2.19. The van der Waals surface area contributed by atoms with Crippen LogP contribution in [0.3, 0.4) is 0 Å². The monoisotopic (exact) mass is 428 g/mol. The summed E-state index contributed by atoms with van der Waals surface area (Å²) in [6.45, 7) is 14.1. The van der Waals surface area contributed by atoms with Crippen molar-refractivity contribution < 1.29 is 13.2 Å². The summed E-state index contributed by atoms with van der Waals surface area (Å²) in [7, 11) is -3.94. The van der Waals surface area contributed by atoms with E-state index in [1.165, 1.54) is 0 Å². The molecule has 0 radical (unpaired) electrons. The maximum Gasteiger partial charge on any atom is 0.266 e. The number of fused-ring (bicyclic) bond motifs is 1. The third kappa shape index (κ3) is 3.61. The second-order valence-electron chi connectivity index (χ2n) is 7.62. The first kappa shape index (κ1) is 22.0. The molecule has 0 fully saturated rings. The smallest absolute Gasteiger partial charge is 0.266 e. The van der Waals surface area contributed by atoms with Gasteiger partial charge >= 0.3 is 0 Å². The third-order valence-corrected chi connectivity index (χ3v) is 7.54. The highest BCUT2D eigenvalue weighted by atomic mass is 32.2. The highest BCUT2D eigenvalue weighted by Gasteiger charge is 2.24. The molecule has 2 N–H and O–H groups in total. The Morgan fingerprint density at radius 2 is 1.53 bits per heavy atom. The highest BCUT2D eigenvalue weighted by molar-refractivity contribution is 7.89. The molecule has 3 aromatic rings. The van der Waals surface area contributed by atoms with E-state index in [1.807, 2.05) is 45.3 Å². The summed E-state index contributed by atoms with van der Waals surface area (Å²) in [6, 6.07) is 5.15. The maximum absolute atomic E-state index is 13.0. The number of sulfonamides is 1. The minimum absolute atomic E-state index is 0.205. The number of nitrogens with one attached hydrogen (secondary N) is 2. The number of hydrazine groups is 1. The van der Waals surface area contributed by atoms with E-state index in [0.717, 1.165) is 34.6 Å². The van der Waals surface area contributed by atoms with Gasteiger partial charge in [0.1, 0.15) is 5.82 Å². The van der Waals surface area contributed by atoms with Crippen molar-refractivity contribution in [3.63, 3.8) is 0 Å². The number of carbonyl (C=O) groups is 1. The van der Waals surface area contributed by atoms with E-state index in [2.05, 4.69) is 15.2 Å². The standard InChI is InChI=1S/C22H28N4O3S/c1-8-26-17(7)23-19-11-18(9-10-20(19)26)22(27)24-25-30(28,29)21-15(5)13(3)12(2)14(4)16(21)6/h9-11,25H,8H2,1-7H3,(H,24,27). The number of hydrogen-bond donors (Lipinski definition) is 2. The van der Waals surface area contributed by atoms with Gasteiger partial charge in [0.25, 0.3) is 15.9 Å². The average molecular weight is 429 g/mol. The van der Waals surface area contributed by atoms with Crippen molar-refractivity contribution in [1.82, 2.24) is 19.8 Å². The molecule has 0 spiro atoms. The fourth-order valence-corrected chi connectivity index (χ4v) is 5.34. The number of nitrogens with zero attached hydrogens (tertiary/aromatic N) is 2. The van der Waals surface area contributed by atoms with Crippen LogP contribution in [-0.4, -0.2) is 23.9 Å². The quantitative estimate of drug-likeness (QED) is 0.608. The first-order valence-corrected chi connectivity index (χ1v) is 11.3. The van der Waals surface area contributed by atoms with E-state index >= 15 is 0 Å². The summed E-state index contributed by atoms with van der Waals surface area (Å²) in [5.74, 6) is 0.321. The zero-order valence-electron chi connectivity index (χ0n) is 18.5. The predicted octanol–water partition coefficient (Wildman–Crippen LogP) is 3.53. The molecule has 0 saturated heterocycles. The normalized spacial score (nSPS) is 11.8. The average Bonchev–Trinajstić information content (AvgIpc) is 3.02. The topological polar surface area (TPSA) is 93.1 Å². The van der Waals surface area contributed by atoms with Crippen molar-refractivity contribution >= 4 is 27.0 Å². The van der Waals surface area contributed by atoms with Crippen LogP contribution in [0.4, 0.5) is 0 Å². The Bertz CT molecular complexity index is 1240. The summed E-state index contributed by atoms with van der Waals surface area (Å²) in [5.41, 5.74) is 8.58. The second kappa shape index (κ2) is 7.85. The number of aryl methyl sites for hydroxylation is 2. The van der Waals surface area contributed by atoms with Gasteiger partial charge in [-0.15, -0.1) is 4.83 Å².